The Morgan fingerprint density at radius 2 is 0.978 bits per heavy atom. The van der Waals surface area contributed by atoms with Gasteiger partial charge in [0.1, 0.15) is 8.64 Å². The van der Waals surface area contributed by atoms with Crippen LogP contribution in [0.3, 0.4) is 0 Å². The smallest absolute Gasteiger partial charge is 0.267 e. The number of thioether (sulfide) groups is 2. The van der Waals surface area contributed by atoms with Gasteiger partial charge in [-0.2, -0.15) is 0 Å². The quantitative estimate of drug-likeness (QED) is 0.135. The molecule has 232 valence electrons. The molecule has 46 heavy (non-hydrogen) atoms. The Balaban J connectivity index is 0.986. The molecule has 2 aliphatic heterocycles. The largest absolute Gasteiger partial charge is 0.326 e. The summed E-state index contributed by atoms with van der Waals surface area (Å²) in [6.07, 6.45) is 1.22. The van der Waals surface area contributed by atoms with E-state index in [2.05, 4.69) is 10.6 Å². The number of fused-ring (bicyclic) bond motifs is 2. The van der Waals surface area contributed by atoms with Crippen molar-refractivity contribution in [2.24, 2.45) is 0 Å². The highest BCUT2D eigenvalue weighted by Gasteiger charge is 2.41. The second kappa shape index (κ2) is 14.1. The minimum Gasteiger partial charge on any atom is -0.326 e. The third-order valence-corrected chi connectivity index (χ3v) is 10.6. The summed E-state index contributed by atoms with van der Waals surface area (Å²) in [6.45, 7) is 0.512. The summed E-state index contributed by atoms with van der Waals surface area (Å²) < 4.78 is 0.677. The number of anilines is 2. The predicted molar refractivity (Wildman–Crippen MR) is 194 cm³/mol. The van der Waals surface area contributed by atoms with Gasteiger partial charge in [-0.3, -0.25) is 29.0 Å². The summed E-state index contributed by atoms with van der Waals surface area (Å²) >= 11 is 13.1. The Hall–Kier alpha value is -4.10. The molecule has 6 rings (SSSR count). The lowest BCUT2D eigenvalue weighted by molar-refractivity contribution is -0.124. The molecule has 4 aromatic carbocycles. The Morgan fingerprint density at radius 1 is 0.587 bits per heavy atom. The van der Waals surface area contributed by atoms with Gasteiger partial charge in [0.05, 0.1) is 9.81 Å². The number of carbonyl (C=O) groups excluding carboxylic acids is 4. The first-order chi connectivity index (χ1) is 22.3. The molecule has 2 fully saturated rings. The number of benzene rings is 4. The van der Waals surface area contributed by atoms with E-state index < -0.39 is 0 Å². The number of amides is 4. The van der Waals surface area contributed by atoms with Crippen molar-refractivity contribution in [3.05, 3.63) is 94.7 Å². The van der Waals surface area contributed by atoms with Crippen molar-refractivity contribution in [2.45, 2.75) is 25.7 Å². The van der Waals surface area contributed by atoms with Crippen molar-refractivity contribution in [3.8, 4) is 0 Å². The topological polar surface area (TPSA) is 98.8 Å². The fraction of sp³-hybridized carbons (Fsp3) is 0.176. The van der Waals surface area contributed by atoms with Crippen LogP contribution in [-0.4, -0.2) is 55.2 Å². The molecule has 0 unspecified atom stereocenters. The lowest BCUT2D eigenvalue weighted by Crippen LogP contribution is -2.31. The van der Waals surface area contributed by atoms with Gasteiger partial charge in [0.25, 0.3) is 11.8 Å². The van der Waals surface area contributed by atoms with Gasteiger partial charge in [0, 0.05) is 37.3 Å². The Morgan fingerprint density at radius 3 is 1.39 bits per heavy atom. The van der Waals surface area contributed by atoms with Gasteiger partial charge in [-0.05, 0) is 58.7 Å². The first kappa shape index (κ1) is 31.9. The lowest BCUT2D eigenvalue weighted by atomic mass is 10.1. The van der Waals surface area contributed by atoms with E-state index in [1.807, 2.05) is 84.9 Å². The van der Waals surface area contributed by atoms with Crippen LogP contribution < -0.4 is 10.6 Å². The zero-order valence-corrected chi connectivity index (χ0v) is 27.8. The van der Waals surface area contributed by atoms with E-state index in [1.54, 1.807) is 0 Å². The number of rotatable bonds is 10. The molecule has 2 N–H and O–H groups in total. The highest BCUT2D eigenvalue weighted by molar-refractivity contribution is 8.29. The maximum absolute atomic E-state index is 13.3. The van der Waals surface area contributed by atoms with Crippen LogP contribution in [0.2, 0.25) is 0 Å². The fourth-order valence-corrected chi connectivity index (χ4v) is 8.00. The molecule has 0 spiro atoms. The molecule has 8 nitrogen and oxygen atoms in total. The molecular formula is C34H28N4O4S4. The normalized spacial score (nSPS) is 16.6. The van der Waals surface area contributed by atoms with E-state index in [-0.39, 0.29) is 59.4 Å². The van der Waals surface area contributed by atoms with E-state index in [0.717, 1.165) is 45.1 Å². The third kappa shape index (κ3) is 7.15. The van der Waals surface area contributed by atoms with Gasteiger partial charge in [-0.15, -0.1) is 0 Å². The van der Waals surface area contributed by atoms with Crippen LogP contribution in [0.1, 0.15) is 25.7 Å². The molecule has 0 aliphatic carbocycles. The van der Waals surface area contributed by atoms with Gasteiger partial charge >= 0.3 is 0 Å². The van der Waals surface area contributed by atoms with Gasteiger partial charge in [0.15, 0.2) is 0 Å². The fourth-order valence-electron chi connectivity index (χ4n) is 5.23. The number of nitrogens with zero attached hydrogens (tertiary/aromatic N) is 2. The molecule has 12 heteroatoms. The molecule has 4 aromatic rings. The van der Waals surface area contributed by atoms with E-state index >= 15 is 0 Å². The van der Waals surface area contributed by atoms with Gasteiger partial charge < -0.3 is 10.6 Å². The zero-order valence-electron chi connectivity index (χ0n) is 24.5. The summed E-state index contributed by atoms with van der Waals surface area (Å²) in [7, 11) is 0. The second-order valence-electron chi connectivity index (χ2n) is 10.7. The van der Waals surface area contributed by atoms with Crippen LogP contribution in [-0.2, 0) is 19.2 Å². The maximum atomic E-state index is 13.3. The second-order valence-corrected chi connectivity index (χ2v) is 14.0. The van der Waals surface area contributed by atoms with Crippen molar-refractivity contribution in [1.29, 1.82) is 0 Å². The minimum atomic E-state index is -0.361. The van der Waals surface area contributed by atoms with Crippen LogP contribution >= 0.6 is 48.0 Å². The Kier molecular flexibility index (Phi) is 9.78. The zero-order chi connectivity index (χ0) is 32.2. The first-order valence-electron chi connectivity index (χ1n) is 14.7. The van der Waals surface area contributed by atoms with Crippen molar-refractivity contribution in [3.63, 3.8) is 0 Å². The summed E-state index contributed by atoms with van der Waals surface area (Å²) in [4.78, 5) is 55.1. The molecule has 0 saturated carbocycles. The summed E-state index contributed by atoms with van der Waals surface area (Å²) in [6, 6.07) is 27.3. The maximum Gasteiger partial charge on any atom is 0.267 e. The average molecular weight is 685 g/mol. The standard InChI is InChI=1S/C34H28N4O4S4/c39-27(35-25-15-13-21-7-1-3-9-23(21)19-25)11-5-17-37-31(41)29(45-33(37)43)30-32(42)38(34(44)46-30)18-6-12-28(40)36-26-16-14-22-8-2-4-10-24(22)20-26/h1-4,7-10,13-16,19-20H,5-6,11-12,17-18H2,(H,35,39)(H,36,40)/b30-29+. The van der Waals surface area contributed by atoms with Gasteiger partial charge in [-0.1, -0.05) is 109 Å². The lowest BCUT2D eigenvalue weighted by Gasteiger charge is -2.15. The molecule has 4 amide bonds. The molecule has 0 atom stereocenters. The first-order valence-corrected chi connectivity index (χ1v) is 17.1. The summed E-state index contributed by atoms with van der Waals surface area (Å²) in [5.74, 6) is -1.04. The number of nitrogens with one attached hydrogen (secondary N) is 2. The van der Waals surface area contributed by atoms with E-state index in [4.69, 9.17) is 24.4 Å². The van der Waals surface area contributed by atoms with Crippen LogP contribution in [0.15, 0.2) is 94.7 Å². The van der Waals surface area contributed by atoms with Crippen molar-refractivity contribution in [2.75, 3.05) is 23.7 Å². The van der Waals surface area contributed by atoms with Crippen molar-refractivity contribution >= 4 is 113 Å². The predicted octanol–water partition coefficient (Wildman–Crippen LogP) is 7.06. The van der Waals surface area contributed by atoms with Crippen LogP contribution in [0.5, 0.6) is 0 Å². The van der Waals surface area contributed by atoms with Gasteiger partial charge in [0.2, 0.25) is 11.8 Å². The molecular weight excluding hydrogens is 657 g/mol. The van der Waals surface area contributed by atoms with Crippen molar-refractivity contribution < 1.29 is 19.2 Å². The number of thiocarbonyl (C=S) groups is 2. The monoisotopic (exact) mass is 684 g/mol. The molecule has 0 bridgehead atoms. The Bertz CT molecular complexity index is 1820. The Labute approximate surface area is 284 Å². The number of carbonyl (C=O) groups is 4. The summed E-state index contributed by atoms with van der Waals surface area (Å²) in [5.41, 5.74) is 1.42. The van der Waals surface area contributed by atoms with Crippen molar-refractivity contribution in [1.82, 2.24) is 9.80 Å². The highest BCUT2D eigenvalue weighted by Crippen LogP contribution is 2.42. The van der Waals surface area contributed by atoms with E-state index in [1.165, 1.54) is 9.80 Å². The highest BCUT2D eigenvalue weighted by atomic mass is 32.2. The van der Waals surface area contributed by atoms with Gasteiger partial charge in [-0.25, -0.2) is 0 Å². The molecule has 2 heterocycles. The molecule has 0 aromatic heterocycles. The minimum absolute atomic E-state index is 0.160. The third-order valence-electron chi connectivity index (χ3n) is 7.54. The van der Waals surface area contributed by atoms with E-state index in [0.29, 0.717) is 32.9 Å². The van der Waals surface area contributed by atoms with Crippen LogP contribution in [0.4, 0.5) is 11.4 Å². The summed E-state index contributed by atoms with van der Waals surface area (Å²) in [5, 5.41) is 10.1. The SMILES string of the molecule is O=C(CCCN1C(=O)/C(=C2\SC(=S)N(CCCC(=O)Nc3ccc4ccccc4c3)C2=O)SC1=S)Nc1ccc2ccccc2c1. The average Bonchev–Trinajstić information content (AvgIpc) is 3.49. The number of hydrogen-bond acceptors (Lipinski definition) is 8. The van der Waals surface area contributed by atoms with Crippen LogP contribution in [0.25, 0.3) is 21.5 Å². The molecule has 0 radical (unpaired) electrons. The number of hydrogen-bond donors (Lipinski definition) is 2. The molecule has 2 saturated heterocycles. The van der Waals surface area contributed by atoms with Crippen LogP contribution in [0, 0.1) is 0 Å². The van der Waals surface area contributed by atoms with E-state index in [9.17, 15) is 19.2 Å². The molecule has 2 aliphatic rings.